The van der Waals surface area contributed by atoms with Crippen LogP contribution in [0.5, 0.6) is 0 Å². The van der Waals surface area contributed by atoms with Crippen LogP contribution in [-0.4, -0.2) is 6.04 Å². The molecule has 0 fully saturated rings. The Morgan fingerprint density at radius 3 is 2.76 bits per heavy atom. The third-order valence-electron chi connectivity index (χ3n) is 3.74. The standard InChI is InChI=1S/C16H23N/c1-12-7-8-15(9-13(12)2)10-14-5-3-4-6-16(17)11-14/h7-9,11,16H,3-6,10,17H2,1-2H3. The lowest BCUT2D eigenvalue weighted by Crippen LogP contribution is -2.16. The molecule has 0 radical (unpaired) electrons. The van der Waals surface area contributed by atoms with Gasteiger partial charge in [0.25, 0.3) is 0 Å². The maximum absolute atomic E-state index is 6.06. The molecule has 1 nitrogen and oxygen atoms in total. The van der Waals surface area contributed by atoms with Gasteiger partial charge in [-0.1, -0.05) is 36.3 Å². The second kappa shape index (κ2) is 5.50. The quantitative estimate of drug-likeness (QED) is 0.769. The van der Waals surface area contributed by atoms with E-state index in [2.05, 4.69) is 38.1 Å². The molecule has 92 valence electrons. The van der Waals surface area contributed by atoms with Gasteiger partial charge < -0.3 is 5.73 Å². The van der Waals surface area contributed by atoms with Crippen molar-refractivity contribution in [3.05, 3.63) is 46.5 Å². The molecule has 1 heteroatoms. The fourth-order valence-corrected chi connectivity index (χ4v) is 2.52. The van der Waals surface area contributed by atoms with Crippen LogP contribution in [0, 0.1) is 13.8 Å². The zero-order valence-corrected chi connectivity index (χ0v) is 11.0. The predicted molar refractivity (Wildman–Crippen MR) is 74.1 cm³/mol. The summed E-state index contributed by atoms with van der Waals surface area (Å²) in [5.74, 6) is 0. The summed E-state index contributed by atoms with van der Waals surface area (Å²) in [6, 6.07) is 7.06. The van der Waals surface area contributed by atoms with Gasteiger partial charge in [0, 0.05) is 6.04 Å². The van der Waals surface area contributed by atoms with E-state index in [9.17, 15) is 0 Å². The van der Waals surface area contributed by atoms with Gasteiger partial charge in [0.15, 0.2) is 0 Å². The Bertz CT molecular complexity index is 418. The summed E-state index contributed by atoms with van der Waals surface area (Å²) in [6.45, 7) is 4.35. The van der Waals surface area contributed by atoms with Gasteiger partial charge in [-0.3, -0.25) is 0 Å². The third-order valence-corrected chi connectivity index (χ3v) is 3.74. The fraction of sp³-hybridized carbons (Fsp3) is 0.500. The molecule has 0 saturated carbocycles. The van der Waals surface area contributed by atoms with Gasteiger partial charge in [-0.15, -0.1) is 0 Å². The average molecular weight is 229 g/mol. The van der Waals surface area contributed by atoms with Crippen molar-refractivity contribution >= 4 is 0 Å². The molecule has 0 amide bonds. The summed E-state index contributed by atoms with van der Waals surface area (Å²) in [5, 5.41) is 0. The number of allylic oxidation sites excluding steroid dienone is 1. The minimum absolute atomic E-state index is 0.277. The lowest BCUT2D eigenvalue weighted by Gasteiger charge is -2.09. The summed E-state index contributed by atoms with van der Waals surface area (Å²) in [6.07, 6.45) is 8.31. The Morgan fingerprint density at radius 1 is 1.18 bits per heavy atom. The number of benzene rings is 1. The first-order valence-electron chi connectivity index (χ1n) is 6.66. The first-order valence-corrected chi connectivity index (χ1v) is 6.66. The van der Waals surface area contributed by atoms with Crippen LogP contribution in [0.3, 0.4) is 0 Å². The molecule has 1 unspecified atom stereocenters. The summed E-state index contributed by atoms with van der Waals surface area (Å²) in [5.41, 5.74) is 11.8. The van der Waals surface area contributed by atoms with Crippen molar-refractivity contribution < 1.29 is 0 Å². The number of nitrogens with two attached hydrogens (primary N) is 1. The van der Waals surface area contributed by atoms with Crippen LogP contribution in [-0.2, 0) is 6.42 Å². The second-order valence-corrected chi connectivity index (χ2v) is 5.33. The molecule has 0 bridgehead atoms. The molecule has 0 heterocycles. The first kappa shape index (κ1) is 12.4. The highest BCUT2D eigenvalue weighted by Crippen LogP contribution is 2.21. The molecule has 0 spiro atoms. The third kappa shape index (κ3) is 3.44. The van der Waals surface area contributed by atoms with Crippen molar-refractivity contribution in [1.82, 2.24) is 0 Å². The lowest BCUT2D eigenvalue weighted by atomic mass is 9.98. The highest BCUT2D eigenvalue weighted by atomic mass is 14.6. The minimum Gasteiger partial charge on any atom is -0.324 e. The van der Waals surface area contributed by atoms with E-state index in [1.54, 1.807) is 0 Å². The van der Waals surface area contributed by atoms with E-state index >= 15 is 0 Å². The summed E-state index contributed by atoms with van der Waals surface area (Å²) in [7, 11) is 0. The van der Waals surface area contributed by atoms with E-state index in [1.807, 2.05) is 0 Å². The predicted octanol–water partition coefficient (Wildman–Crippen LogP) is 3.67. The van der Waals surface area contributed by atoms with Crippen molar-refractivity contribution in [2.45, 2.75) is 52.0 Å². The number of hydrogen-bond donors (Lipinski definition) is 1. The summed E-state index contributed by atoms with van der Waals surface area (Å²) >= 11 is 0. The van der Waals surface area contributed by atoms with Crippen LogP contribution in [0.4, 0.5) is 0 Å². The maximum Gasteiger partial charge on any atom is 0.0226 e. The van der Waals surface area contributed by atoms with Crippen LogP contribution in [0.1, 0.15) is 42.4 Å². The summed E-state index contributed by atoms with van der Waals surface area (Å²) < 4.78 is 0. The first-order chi connectivity index (χ1) is 8.15. The van der Waals surface area contributed by atoms with Gasteiger partial charge in [-0.05, 0) is 56.2 Å². The SMILES string of the molecule is Cc1ccc(CC2=CC(N)CCCC2)cc1C. The average Bonchev–Trinajstić information content (AvgIpc) is 2.48. The molecule has 0 aliphatic heterocycles. The van der Waals surface area contributed by atoms with Crippen molar-refractivity contribution in [2.24, 2.45) is 5.73 Å². The molecule has 1 atom stereocenters. The second-order valence-electron chi connectivity index (χ2n) is 5.33. The number of aryl methyl sites for hydroxylation is 2. The van der Waals surface area contributed by atoms with Crippen LogP contribution >= 0.6 is 0 Å². The molecule has 1 aromatic carbocycles. The van der Waals surface area contributed by atoms with Crippen LogP contribution in [0.2, 0.25) is 0 Å². The number of hydrogen-bond acceptors (Lipinski definition) is 1. The zero-order valence-electron chi connectivity index (χ0n) is 11.0. The van der Waals surface area contributed by atoms with Crippen molar-refractivity contribution in [3.8, 4) is 0 Å². The van der Waals surface area contributed by atoms with Gasteiger partial charge in [0.05, 0.1) is 0 Å². The Kier molecular flexibility index (Phi) is 4.01. The van der Waals surface area contributed by atoms with Gasteiger partial charge >= 0.3 is 0 Å². The monoisotopic (exact) mass is 229 g/mol. The normalized spacial score (nSPS) is 20.9. The van der Waals surface area contributed by atoms with Crippen LogP contribution in [0.25, 0.3) is 0 Å². The highest BCUT2D eigenvalue weighted by molar-refractivity contribution is 5.32. The van der Waals surface area contributed by atoms with Gasteiger partial charge in [0.2, 0.25) is 0 Å². The van der Waals surface area contributed by atoms with Crippen molar-refractivity contribution in [2.75, 3.05) is 0 Å². The smallest absolute Gasteiger partial charge is 0.0226 e. The molecule has 1 aromatic rings. The minimum atomic E-state index is 0.277. The van der Waals surface area contributed by atoms with E-state index in [-0.39, 0.29) is 6.04 Å². The van der Waals surface area contributed by atoms with E-state index in [0.29, 0.717) is 0 Å². The van der Waals surface area contributed by atoms with Crippen molar-refractivity contribution in [3.63, 3.8) is 0 Å². The molecule has 0 aromatic heterocycles. The van der Waals surface area contributed by atoms with Gasteiger partial charge in [0.1, 0.15) is 0 Å². The van der Waals surface area contributed by atoms with E-state index < -0.39 is 0 Å². The van der Waals surface area contributed by atoms with Gasteiger partial charge in [-0.2, -0.15) is 0 Å². The van der Waals surface area contributed by atoms with Gasteiger partial charge in [-0.25, -0.2) is 0 Å². The Morgan fingerprint density at radius 2 is 2.00 bits per heavy atom. The Labute approximate surface area is 105 Å². The molecular weight excluding hydrogens is 206 g/mol. The van der Waals surface area contributed by atoms with Crippen molar-refractivity contribution in [1.29, 1.82) is 0 Å². The van der Waals surface area contributed by atoms with E-state index in [0.717, 1.165) is 12.8 Å². The topological polar surface area (TPSA) is 26.0 Å². The van der Waals surface area contributed by atoms with Crippen LogP contribution in [0.15, 0.2) is 29.8 Å². The molecule has 1 aliphatic rings. The van der Waals surface area contributed by atoms with E-state index in [1.165, 1.54) is 41.5 Å². The molecule has 2 rings (SSSR count). The highest BCUT2D eigenvalue weighted by Gasteiger charge is 2.09. The molecular formula is C16H23N. The largest absolute Gasteiger partial charge is 0.324 e. The Hall–Kier alpha value is -1.08. The number of rotatable bonds is 2. The molecule has 17 heavy (non-hydrogen) atoms. The molecule has 2 N–H and O–H groups in total. The zero-order chi connectivity index (χ0) is 12.3. The van der Waals surface area contributed by atoms with E-state index in [4.69, 9.17) is 5.73 Å². The molecule has 1 aliphatic carbocycles. The Balaban J connectivity index is 2.11. The lowest BCUT2D eigenvalue weighted by molar-refractivity contribution is 0.654. The maximum atomic E-state index is 6.06. The van der Waals surface area contributed by atoms with Crippen LogP contribution < -0.4 is 5.73 Å². The fourth-order valence-electron chi connectivity index (χ4n) is 2.52. The summed E-state index contributed by atoms with van der Waals surface area (Å²) in [4.78, 5) is 0. The molecule has 0 saturated heterocycles.